The van der Waals surface area contributed by atoms with Crippen molar-refractivity contribution in [2.75, 3.05) is 20.1 Å². The fraction of sp³-hybridized carbons (Fsp3) is 0.533. The molecule has 0 saturated carbocycles. The number of aryl methyl sites for hydroxylation is 1. The number of amides is 1. The minimum Gasteiger partial charge on any atom is -0.326 e. The lowest BCUT2D eigenvalue weighted by Gasteiger charge is -2.25. The van der Waals surface area contributed by atoms with Crippen LogP contribution >= 0.6 is 11.8 Å². The predicted molar refractivity (Wildman–Crippen MR) is 81.2 cm³/mol. The first-order valence-electron chi connectivity index (χ1n) is 6.81. The molecule has 1 N–H and O–H groups in total. The van der Waals surface area contributed by atoms with Crippen LogP contribution in [0.15, 0.2) is 24.3 Å². The van der Waals surface area contributed by atoms with E-state index in [4.69, 9.17) is 0 Å². The molecule has 0 bridgehead atoms. The molecule has 3 nitrogen and oxygen atoms in total. The minimum absolute atomic E-state index is 0.0687. The van der Waals surface area contributed by atoms with Gasteiger partial charge in [-0.15, -0.1) is 11.8 Å². The first-order valence-corrected chi connectivity index (χ1v) is 7.75. The average molecular weight is 278 g/mol. The molecule has 1 aromatic rings. The van der Waals surface area contributed by atoms with Crippen molar-refractivity contribution in [1.29, 1.82) is 0 Å². The van der Waals surface area contributed by atoms with Crippen molar-refractivity contribution in [3.8, 4) is 0 Å². The molecule has 4 heteroatoms. The van der Waals surface area contributed by atoms with Crippen molar-refractivity contribution in [3.63, 3.8) is 0 Å². The van der Waals surface area contributed by atoms with Gasteiger partial charge in [-0.25, -0.2) is 0 Å². The predicted octanol–water partition coefficient (Wildman–Crippen LogP) is 2.57. The van der Waals surface area contributed by atoms with Crippen molar-refractivity contribution < 1.29 is 4.79 Å². The highest BCUT2D eigenvalue weighted by Crippen LogP contribution is 2.43. The van der Waals surface area contributed by atoms with Gasteiger partial charge in [0.25, 0.3) is 0 Å². The van der Waals surface area contributed by atoms with Gasteiger partial charge in [0, 0.05) is 6.54 Å². The van der Waals surface area contributed by atoms with Crippen LogP contribution < -0.4 is 5.32 Å². The Kier molecular flexibility index (Phi) is 4.88. The molecule has 0 aromatic heterocycles. The van der Waals surface area contributed by atoms with E-state index in [-0.39, 0.29) is 16.5 Å². The third-order valence-electron chi connectivity index (χ3n) is 3.53. The molecule has 1 aliphatic rings. The summed E-state index contributed by atoms with van der Waals surface area (Å²) in [5.74, 6) is 0.273. The summed E-state index contributed by atoms with van der Waals surface area (Å²) < 4.78 is 0. The van der Waals surface area contributed by atoms with Gasteiger partial charge >= 0.3 is 0 Å². The van der Waals surface area contributed by atoms with Crippen LogP contribution in [0.25, 0.3) is 0 Å². The van der Waals surface area contributed by atoms with Gasteiger partial charge in [0.2, 0.25) is 5.91 Å². The first kappa shape index (κ1) is 14.4. The molecule has 1 heterocycles. The minimum atomic E-state index is 0.0687. The van der Waals surface area contributed by atoms with Crippen molar-refractivity contribution >= 4 is 17.7 Å². The number of nitrogens with zero attached hydrogens (tertiary/aromatic N) is 1. The standard InChI is InChI=1S/C15H22N2OS/c1-11-7-4-5-8-13(11)15-17(10-6-9-16-3)14(18)12(2)19-15/h4-5,7-8,12,15-16H,6,9-10H2,1-3H3. The Morgan fingerprint density at radius 3 is 2.79 bits per heavy atom. The van der Waals surface area contributed by atoms with E-state index in [9.17, 15) is 4.79 Å². The van der Waals surface area contributed by atoms with E-state index in [1.54, 1.807) is 11.8 Å². The highest BCUT2D eigenvalue weighted by molar-refractivity contribution is 8.01. The molecule has 1 aromatic carbocycles. The Labute approximate surface area is 119 Å². The smallest absolute Gasteiger partial charge is 0.236 e. The molecule has 2 atom stereocenters. The van der Waals surface area contributed by atoms with Gasteiger partial charge < -0.3 is 10.2 Å². The Hall–Kier alpha value is -1.00. The fourth-order valence-electron chi connectivity index (χ4n) is 2.43. The van der Waals surface area contributed by atoms with E-state index in [2.05, 4.69) is 36.5 Å². The number of rotatable bonds is 5. The SMILES string of the molecule is CNCCCN1C(=O)C(C)SC1c1ccccc1C. The molecule has 1 fully saturated rings. The van der Waals surface area contributed by atoms with Gasteiger partial charge in [-0.3, -0.25) is 4.79 Å². The molecule has 0 spiro atoms. The lowest BCUT2D eigenvalue weighted by Crippen LogP contribution is -2.32. The number of thioether (sulfide) groups is 1. The summed E-state index contributed by atoms with van der Waals surface area (Å²) in [4.78, 5) is 14.3. The van der Waals surface area contributed by atoms with Gasteiger partial charge in [-0.05, 0) is 45.0 Å². The van der Waals surface area contributed by atoms with E-state index >= 15 is 0 Å². The molecule has 19 heavy (non-hydrogen) atoms. The molecule has 0 aliphatic carbocycles. The van der Waals surface area contributed by atoms with Crippen LogP contribution in [0, 0.1) is 6.92 Å². The maximum Gasteiger partial charge on any atom is 0.236 e. The summed E-state index contributed by atoms with van der Waals surface area (Å²) in [5.41, 5.74) is 2.54. The van der Waals surface area contributed by atoms with Crippen LogP contribution in [-0.2, 0) is 4.79 Å². The molecular weight excluding hydrogens is 256 g/mol. The number of carbonyl (C=O) groups is 1. The largest absolute Gasteiger partial charge is 0.326 e. The van der Waals surface area contributed by atoms with E-state index < -0.39 is 0 Å². The van der Waals surface area contributed by atoms with Crippen LogP contribution in [0.4, 0.5) is 0 Å². The summed E-state index contributed by atoms with van der Waals surface area (Å²) in [6, 6.07) is 8.37. The summed E-state index contributed by atoms with van der Waals surface area (Å²) in [5, 5.41) is 3.39. The molecule has 2 unspecified atom stereocenters. The zero-order chi connectivity index (χ0) is 13.8. The zero-order valence-electron chi connectivity index (χ0n) is 11.8. The third kappa shape index (κ3) is 3.12. The molecule has 1 saturated heterocycles. The Morgan fingerprint density at radius 2 is 2.11 bits per heavy atom. The maximum atomic E-state index is 12.3. The highest BCUT2D eigenvalue weighted by atomic mass is 32.2. The second kappa shape index (κ2) is 6.44. The van der Waals surface area contributed by atoms with Crippen LogP contribution in [0.1, 0.15) is 29.8 Å². The summed E-state index contributed by atoms with van der Waals surface area (Å²) in [7, 11) is 1.95. The van der Waals surface area contributed by atoms with E-state index in [1.807, 2.05) is 18.9 Å². The van der Waals surface area contributed by atoms with E-state index in [1.165, 1.54) is 11.1 Å². The summed E-state index contributed by atoms with van der Waals surface area (Å²) in [6.45, 7) is 5.91. The fourth-order valence-corrected chi connectivity index (χ4v) is 3.84. The Bertz CT molecular complexity index is 450. The highest BCUT2D eigenvalue weighted by Gasteiger charge is 2.38. The number of nitrogens with one attached hydrogen (secondary N) is 1. The lowest BCUT2D eigenvalue weighted by atomic mass is 10.1. The zero-order valence-corrected chi connectivity index (χ0v) is 12.7. The Morgan fingerprint density at radius 1 is 1.37 bits per heavy atom. The normalized spacial score (nSPS) is 23.1. The first-order chi connectivity index (χ1) is 9.15. The van der Waals surface area contributed by atoms with E-state index in [0.29, 0.717) is 0 Å². The second-order valence-electron chi connectivity index (χ2n) is 4.98. The monoisotopic (exact) mass is 278 g/mol. The molecule has 2 rings (SSSR count). The topological polar surface area (TPSA) is 32.3 Å². The number of benzene rings is 1. The van der Waals surface area contributed by atoms with E-state index in [0.717, 1.165) is 19.5 Å². The van der Waals surface area contributed by atoms with Gasteiger partial charge in [-0.2, -0.15) is 0 Å². The number of carbonyl (C=O) groups excluding carboxylic acids is 1. The van der Waals surface area contributed by atoms with Gasteiger partial charge in [-0.1, -0.05) is 24.3 Å². The van der Waals surface area contributed by atoms with Crippen molar-refractivity contribution in [3.05, 3.63) is 35.4 Å². The molecular formula is C15H22N2OS. The van der Waals surface area contributed by atoms with Crippen LogP contribution in [0.3, 0.4) is 0 Å². The molecule has 1 aliphatic heterocycles. The van der Waals surface area contributed by atoms with Crippen LogP contribution in [0.2, 0.25) is 0 Å². The lowest BCUT2D eigenvalue weighted by molar-refractivity contribution is -0.129. The third-order valence-corrected chi connectivity index (χ3v) is 4.90. The second-order valence-corrected chi connectivity index (χ2v) is 6.40. The average Bonchev–Trinajstić information content (AvgIpc) is 2.68. The summed E-state index contributed by atoms with van der Waals surface area (Å²) >= 11 is 1.76. The molecule has 104 valence electrons. The van der Waals surface area contributed by atoms with Crippen molar-refractivity contribution in [2.24, 2.45) is 0 Å². The quantitative estimate of drug-likeness (QED) is 0.840. The molecule has 0 radical (unpaired) electrons. The van der Waals surface area contributed by atoms with Gasteiger partial charge in [0.1, 0.15) is 5.37 Å². The van der Waals surface area contributed by atoms with Crippen LogP contribution in [-0.4, -0.2) is 36.2 Å². The number of hydrogen-bond acceptors (Lipinski definition) is 3. The van der Waals surface area contributed by atoms with Crippen LogP contribution in [0.5, 0.6) is 0 Å². The molecule has 1 amide bonds. The number of hydrogen-bond donors (Lipinski definition) is 1. The van der Waals surface area contributed by atoms with Crippen molar-refractivity contribution in [1.82, 2.24) is 10.2 Å². The van der Waals surface area contributed by atoms with Crippen molar-refractivity contribution in [2.45, 2.75) is 30.9 Å². The van der Waals surface area contributed by atoms with Gasteiger partial charge in [0.15, 0.2) is 0 Å². The summed E-state index contributed by atoms with van der Waals surface area (Å²) in [6.07, 6.45) is 0.998. The maximum absolute atomic E-state index is 12.3. The van der Waals surface area contributed by atoms with Gasteiger partial charge in [0.05, 0.1) is 5.25 Å². The Balaban J connectivity index is 2.17.